The topological polar surface area (TPSA) is 57.7 Å². The Bertz CT molecular complexity index is 747. The molecule has 1 saturated heterocycles. The van der Waals surface area contributed by atoms with Crippen LogP contribution in [0.2, 0.25) is 0 Å². The van der Waals surface area contributed by atoms with Crippen LogP contribution in [-0.2, 0) is 16.1 Å². The summed E-state index contributed by atoms with van der Waals surface area (Å²) >= 11 is 0. The second-order valence-corrected chi connectivity index (χ2v) is 6.71. The lowest BCUT2D eigenvalue weighted by molar-refractivity contribution is -0.120. The fourth-order valence-electron chi connectivity index (χ4n) is 3.26. The number of rotatable bonds is 5. The van der Waals surface area contributed by atoms with Gasteiger partial charge < -0.3 is 15.0 Å². The third kappa shape index (κ3) is 4.27. The Kier molecular flexibility index (Phi) is 5.50. The number of hydrogen-bond acceptors (Lipinski definition) is 5. The predicted molar refractivity (Wildman–Crippen MR) is 99.8 cm³/mol. The number of nitrogens with one attached hydrogen (secondary N) is 1. The van der Waals surface area contributed by atoms with Gasteiger partial charge in [-0.05, 0) is 10.9 Å². The summed E-state index contributed by atoms with van der Waals surface area (Å²) in [6, 6.07) is 8.41. The number of carbonyl (C=O) groups is 1. The highest BCUT2D eigenvalue weighted by Gasteiger charge is 2.21. The average Bonchev–Trinajstić information content (AvgIpc) is 2.60. The number of morpholine rings is 1. The maximum Gasteiger partial charge on any atom is 0.216 e. The van der Waals surface area contributed by atoms with Crippen molar-refractivity contribution in [2.45, 2.75) is 19.6 Å². The molecule has 6 heteroatoms. The number of pyridine rings is 1. The van der Waals surface area contributed by atoms with Gasteiger partial charge in [0.15, 0.2) is 0 Å². The quantitative estimate of drug-likeness (QED) is 0.895. The number of carbonyl (C=O) groups excluding carboxylic acids is 1. The van der Waals surface area contributed by atoms with Gasteiger partial charge in [0.1, 0.15) is 5.82 Å². The summed E-state index contributed by atoms with van der Waals surface area (Å²) in [5.41, 5.74) is 1.22. The number of aromatic nitrogens is 1. The van der Waals surface area contributed by atoms with Crippen molar-refractivity contribution in [2.24, 2.45) is 0 Å². The molecule has 1 aliphatic rings. The molecule has 0 radical (unpaired) electrons. The second kappa shape index (κ2) is 7.80. The first-order valence-electron chi connectivity index (χ1n) is 8.67. The molecule has 0 saturated carbocycles. The highest BCUT2D eigenvalue weighted by Crippen LogP contribution is 2.27. The maximum absolute atomic E-state index is 11.1. The van der Waals surface area contributed by atoms with Crippen LogP contribution in [0, 0.1) is 0 Å². The van der Waals surface area contributed by atoms with E-state index in [9.17, 15) is 4.79 Å². The van der Waals surface area contributed by atoms with Crippen molar-refractivity contribution >= 4 is 22.5 Å². The summed E-state index contributed by atoms with van der Waals surface area (Å²) in [7, 11) is 4.03. The molecule has 25 heavy (non-hydrogen) atoms. The maximum atomic E-state index is 11.1. The molecule has 0 spiro atoms. The summed E-state index contributed by atoms with van der Waals surface area (Å²) in [5, 5.41) is 5.26. The summed E-state index contributed by atoms with van der Waals surface area (Å²) in [6.45, 7) is 5.31. The number of fused-ring (bicyclic) bond motifs is 1. The van der Waals surface area contributed by atoms with Crippen molar-refractivity contribution in [1.82, 2.24) is 15.2 Å². The minimum atomic E-state index is -0.0183. The van der Waals surface area contributed by atoms with Gasteiger partial charge in [-0.25, -0.2) is 4.98 Å². The first-order chi connectivity index (χ1) is 12.0. The van der Waals surface area contributed by atoms with E-state index in [1.54, 1.807) is 0 Å². The third-order valence-electron chi connectivity index (χ3n) is 4.48. The third-order valence-corrected chi connectivity index (χ3v) is 4.48. The molecule has 134 valence electrons. The van der Waals surface area contributed by atoms with E-state index in [1.807, 2.05) is 25.2 Å². The van der Waals surface area contributed by atoms with Gasteiger partial charge in [0.25, 0.3) is 0 Å². The Morgan fingerprint density at radius 2 is 2.12 bits per heavy atom. The normalized spacial score (nSPS) is 18.3. The van der Waals surface area contributed by atoms with E-state index in [-0.39, 0.29) is 12.0 Å². The molecule has 2 heterocycles. The molecule has 3 rings (SSSR count). The van der Waals surface area contributed by atoms with Gasteiger partial charge in [-0.2, -0.15) is 0 Å². The molecule has 1 unspecified atom stereocenters. The van der Waals surface area contributed by atoms with Crippen LogP contribution in [0.5, 0.6) is 0 Å². The van der Waals surface area contributed by atoms with Crippen molar-refractivity contribution in [3.8, 4) is 0 Å². The lowest BCUT2D eigenvalue weighted by Gasteiger charge is -2.33. The molecular weight excluding hydrogens is 316 g/mol. The van der Waals surface area contributed by atoms with E-state index in [4.69, 9.17) is 4.74 Å². The lowest BCUT2D eigenvalue weighted by atomic mass is 10.1. The average molecular weight is 342 g/mol. The Labute approximate surface area is 148 Å². The first kappa shape index (κ1) is 17.6. The van der Waals surface area contributed by atoms with Crippen LogP contribution in [0.3, 0.4) is 0 Å². The number of benzene rings is 1. The van der Waals surface area contributed by atoms with Gasteiger partial charge in [-0.1, -0.05) is 24.3 Å². The van der Waals surface area contributed by atoms with Gasteiger partial charge in [0.05, 0.1) is 12.7 Å². The zero-order chi connectivity index (χ0) is 17.8. The van der Waals surface area contributed by atoms with Crippen LogP contribution in [-0.4, -0.2) is 62.2 Å². The van der Waals surface area contributed by atoms with Gasteiger partial charge in [0, 0.05) is 58.8 Å². The molecule has 6 nitrogen and oxygen atoms in total. The van der Waals surface area contributed by atoms with Crippen LogP contribution in [0.4, 0.5) is 5.82 Å². The zero-order valence-corrected chi connectivity index (χ0v) is 15.2. The van der Waals surface area contributed by atoms with E-state index >= 15 is 0 Å². The molecule has 1 aliphatic heterocycles. The molecule has 1 amide bonds. The lowest BCUT2D eigenvalue weighted by Crippen LogP contribution is -2.46. The van der Waals surface area contributed by atoms with E-state index < -0.39 is 0 Å². The molecule has 1 fully saturated rings. The number of amides is 1. The van der Waals surface area contributed by atoms with Gasteiger partial charge in [0.2, 0.25) is 5.91 Å². The number of hydrogen-bond donors (Lipinski definition) is 1. The van der Waals surface area contributed by atoms with Gasteiger partial charge in [-0.3, -0.25) is 9.69 Å². The minimum absolute atomic E-state index is 0.0183. The molecule has 1 N–H and O–H groups in total. The second-order valence-electron chi connectivity index (χ2n) is 6.71. The molecule has 0 bridgehead atoms. The summed E-state index contributed by atoms with van der Waals surface area (Å²) in [6.07, 6.45) is 2.02. The van der Waals surface area contributed by atoms with Crippen LogP contribution in [0.25, 0.3) is 10.8 Å². The Balaban J connectivity index is 1.76. The summed E-state index contributed by atoms with van der Waals surface area (Å²) in [4.78, 5) is 20.2. The SMILES string of the molecule is CC(=O)NCC1CN(Cc2cnc(N(C)C)c3ccccc23)CCO1. The number of ether oxygens (including phenoxy) is 1. The van der Waals surface area contributed by atoms with E-state index in [0.29, 0.717) is 13.2 Å². The molecule has 0 aliphatic carbocycles. The fourth-order valence-corrected chi connectivity index (χ4v) is 3.26. The molecular formula is C19H26N4O2. The van der Waals surface area contributed by atoms with Crippen molar-refractivity contribution < 1.29 is 9.53 Å². The fraction of sp³-hybridized carbons (Fsp3) is 0.474. The van der Waals surface area contributed by atoms with Crippen LogP contribution in [0.1, 0.15) is 12.5 Å². The van der Waals surface area contributed by atoms with E-state index in [2.05, 4.69) is 39.5 Å². The Morgan fingerprint density at radius 1 is 1.36 bits per heavy atom. The monoisotopic (exact) mass is 342 g/mol. The Morgan fingerprint density at radius 3 is 2.84 bits per heavy atom. The van der Waals surface area contributed by atoms with Crippen molar-refractivity contribution in [2.75, 3.05) is 45.2 Å². The molecule has 1 aromatic heterocycles. The van der Waals surface area contributed by atoms with Crippen molar-refractivity contribution in [3.05, 3.63) is 36.0 Å². The standard InChI is InChI=1S/C19H26N4O2/c1-14(24)20-11-16-13-23(8-9-25-16)12-15-10-21-19(22(2)3)18-7-5-4-6-17(15)18/h4-7,10,16H,8-9,11-13H2,1-3H3,(H,20,24). The van der Waals surface area contributed by atoms with Crippen molar-refractivity contribution in [1.29, 1.82) is 0 Å². The minimum Gasteiger partial charge on any atom is -0.374 e. The van der Waals surface area contributed by atoms with Crippen LogP contribution < -0.4 is 10.2 Å². The Hall–Kier alpha value is -2.18. The number of anilines is 1. The summed E-state index contributed by atoms with van der Waals surface area (Å²) in [5.74, 6) is 0.972. The van der Waals surface area contributed by atoms with E-state index in [1.165, 1.54) is 23.3 Å². The molecule has 1 aromatic carbocycles. The van der Waals surface area contributed by atoms with Gasteiger partial charge >= 0.3 is 0 Å². The van der Waals surface area contributed by atoms with Crippen LogP contribution >= 0.6 is 0 Å². The van der Waals surface area contributed by atoms with Gasteiger partial charge in [-0.15, -0.1) is 0 Å². The zero-order valence-electron chi connectivity index (χ0n) is 15.2. The molecule has 2 aromatic rings. The first-order valence-corrected chi connectivity index (χ1v) is 8.67. The van der Waals surface area contributed by atoms with Crippen LogP contribution in [0.15, 0.2) is 30.5 Å². The highest BCUT2D eigenvalue weighted by molar-refractivity contribution is 5.94. The largest absolute Gasteiger partial charge is 0.374 e. The summed E-state index contributed by atoms with van der Waals surface area (Å²) < 4.78 is 5.76. The smallest absolute Gasteiger partial charge is 0.216 e. The molecule has 1 atom stereocenters. The highest BCUT2D eigenvalue weighted by atomic mass is 16.5. The predicted octanol–water partition coefficient (Wildman–Crippen LogP) is 1.64. The number of nitrogens with zero attached hydrogens (tertiary/aromatic N) is 3. The van der Waals surface area contributed by atoms with Crippen molar-refractivity contribution in [3.63, 3.8) is 0 Å². The van der Waals surface area contributed by atoms with E-state index in [0.717, 1.165) is 25.5 Å².